The van der Waals surface area contributed by atoms with Crippen LogP contribution in [0.1, 0.15) is 104 Å². The lowest BCUT2D eigenvalue weighted by Gasteiger charge is -2.30. The molecule has 116 valence electrons. The Balaban J connectivity index is 3.88. The van der Waals surface area contributed by atoms with Gasteiger partial charge >= 0.3 is 0 Å². The van der Waals surface area contributed by atoms with Crippen LogP contribution >= 0.6 is 0 Å². The molecule has 0 fully saturated rings. The van der Waals surface area contributed by atoms with Crippen molar-refractivity contribution in [3.63, 3.8) is 0 Å². The fourth-order valence-corrected chi connectivity index (χ4v) is 3.01. The van der Waals surface area contributed by atoms with Crippen LogP contribution in [0, 0.1) is 5.41 Å². The SMILES string of the molecule is CCCCCCCC(C)(CCCO)CCCCCC. The van der Waals surface area contributed by atoms with Gasteiger partial charge in [0.1, 0.15) is 0 Å². The van der Waals surface area contributed by atoms with Gasteiger partial charge in [-0.25, -0.2) is 0 Å². The van der Waals surface area contributed by atoms with E-state index in [1.807, 2.05) is 0 Å². The third kappa shape index (κ3) is 11.5. The second-order valence-electron chi connectivity index (χ2n) is 6.61. The molecule has 1 atom stereocenters. The number of hydrogen-bond donors (Lipinski definition) is 1. The topological polar surface area (TPSA) is 20.2 Å². The van der Waals surface area contributed by atoms with E-state index < -0.39 is 0 Å². The molecule has 0 amide bonds. The molecule has 0 heterocycles. The van der Waals surface area contributed by atoms with E-state index in [2.05, 4.69) is 20.8 Å². The first kappa shape index (κ1) is 19.0. The summed E-state index contributed by atoms with van der Waals surface area (Å²) in [6.07, 6.45) is 17.3. The Labute approximate surface area is 122 Å². The highest BCUT2D eigenvalue weighted by molar-refractivity contribution is 4.74. The third-order valence-electron chi connectivity index (χ3n) is 4.46. The molecule has 1 heteroatoms. The molecule has 0 aliphatic rings. The van der Waals surface area contributed by atoms with E-state index in [0.29, 0.717) is 12.0 Å². The van der Waals surface area contributed by atoms with Crippen LogP contribution in [0.3, 0.4) is 0 Å². The molecule has 0 aliphatic carbocycles. The van der Waals surface area contributed by atoms with Gasteiger partial charge in [0, 0.05) is 6.61 Å². The van der Waals surface area contributed by atoms with Crippen molar-refractivity contribution >= 4 is 0 Å². The van der Waals surface area contributed by atoms with Crippen LogP contribution in [0.25, 0.3) is 0 Å². The van der Waals surface area contributed by atoms with Gasteiger partial charge in [0.05, 0.1) is 0 Å². The Morgan fingerprint density at radius 3 is 1.53 bits per heavy atom. The molecule has 0 spiro atoms. The molecule has 1 N–H and O–H groups in total. The minimum Gasteiger partial charge on any atom is -0.396 e. The van der Waals surface area contributed by atoms with Crippen molar-refractivity contribution in [2.45, 2.75) is 104 Å². The van der Waals surface area contributed by atoms with Gasteiger partial charge in [-0.15, -0.1) is 0 Å². The molecule has 0 saturated heterocycles. The summed E-state index contributed by atoms with van der Waals surface area (Å²) in [5.74, 6) is 0. The van der Waals surface area contributed by atoms with Gasteiger partial charge < -0.3 is 5.11 Å². The van der Waals surface area contributed by atoms with E-state index in [9.17, 15) is 0 Å². The highest BCUT2D eigenvalue weighted by Gasteiger charge is 2.22. The Kier molecular flexibility index (Phi) is 12.9. The zero-order valence-electron chi connectivity index (χ0n) is 13.8. The standard InChI is InChI=1S/C18H38O/c1-4-6-8-10-12-15-18(3,16-13-17-19)14-11-9-7-5-2/h19H,4-17H2,1-3H3. The molecule has 0 radical (unpaired) electrons. The number of unbranched alkanes of at least 4 members (excludes halogenated alkanes) is 7. The van der Waals surface area contributed by atoms with Gasteiger partial charge in [-0.1, -0.05) is 78.6 Å². The van der Waals surface area contributed by atoms with Crippen molar-refractivity contribution in [3.8, 4) is 0 Å². The van der Waals surface area contributed by atoms with Gasteiger partial charge in [0.15, 0.2) is 0 Å². The molecule has 0 aromatic carbocycles. The highest BCUT2D eigenvalue weighted by Crippen LogP contribution is 2.35. The monoisotopic (exact) mass is 270 g/mol. The number of aliphatic hydroxyl groups excluding tert-OH is 1. The van der Waals surface area contributed by atoms with E-state index in [-0.39, 0.29) is 0 Å². The van der Waals surface area contributed by atoms with Crippen molar-refractivity contribution in [3.05, 3.63) is 0 Å². The van der Waals surface area contributed by atoms with Crippen LogP contribution in [-0.4, -0.2) is 11.7 Å². The van der Waals surface area contributed by atoms with E-state index in [4.69, 9.17) is 5.11 Å². The van der Waals surface area contributed by atoms with E-state index in [0.717, 1.165) is 6.42 Å². The predicted octanol–water partition coefficient (Wildman–Crippen LogP) is 6.10. The summed E-state index contributed by atoms with van der Waals surface area (Å²) in [5, 5.41) is 9.08. The van der Waals surface area contributed by atoms with Crippen molar-refractivity contribution < 1.29 is 5.11 Å². The van der Waals surface area contributed by atoms with E-state index >= 15 is 0 Å². The van der Waals surface area contributed by atoms with Gasteiger partial charge in [-0.2, -0.15) is 0 Å². The molecule has 19 heavy (non-hydrogen) atoms. The maximum absolute atomic E-state index is 9.08. The molecule has 0 rings (SSSR count). The largest absolute Gasteiger partial charge is 0.396 e. The minimum absolute atomic E-state index is 0.361. The van der Waals surface area contributed by atoms with Crippen molar-refractivity contribution in [2.75, 3.05) is 6.61 Å². The molecule has 0 aliphatic heterocycles. The Bertz CT molecular complexity index is 179. The average molecular weight is 271 g/mol. The predicted molar refractivity (Wildman–Crippen MR) is 86.6 cm³/mol. The first-order chi connectivity index (χ1) is 9.18. The normalized spacial score (nSPS) is 14.5. The van der Waals surface area contributed by atoms with Crippen LogP contribution in [0.5, 0.6) is 0 Å². The van der Waals surface area contributed by atoms with E-state index in [1.54, 1.807) is 0 Å². The average Bonchev–Trinajstić information content (AvgIpc) is 2.41. The lowest BCUT2D eigenvalue weighted by molar-refractivity contribution is 0.194. The minimum atomic E-state index is 0.361. The molecule has 0 bridgehead atoms. The van der Waals surface area contributed by atoms with Gasteiger partial charge in [-0.3, -0.25) is 0 Å². The summed E-state index contributed by atoms with van der Waals surface area (Å²) in [7, 11) is 0. The van der Waals surface area contributed by atoms with Crippen molar-refractivity contribution in [1.29, 1.82) is 0 Å². The zero-order chi connectivity index (χ0) is 14.4. The van der Waals surface area contributed by atoms with Crippen LogP contribution in [0.15, 0.2) is 0 Å². The van der Waals surface area contributed by atoms with Gasteiger partial charge in [0.2, 0.25) is 0 Å². The third-order valence-corrected chi connectivity index (χ3v) is 4.46. The smallest absolute Gasteiger partial charge is 0.0431 e. The molecule has 0 saturated carbocycles. The van der Waals surface area contributed by atoms with E-state index in [1.165, 1.54) is 77.0 Å². The molecule has 1 unspecified atom stereocenters. The number of rotatable bonds is 14. The van der Waals surface area contributed by atoms with Crippen LogP contribution in [0.2, 0.25) is 0 Å². The summed E-state index contributed by atoms with van der Waals surface area (Å²) in [6, 6.07) is 0. The Morgan fingerprint density at radius 1 is 0.632 bits per heavy atom. The van der Waals surface area contributed by atoms with Gasteiger partial charge in [-0.05, 0) is 31.1 Å². The van der Waals surface area contributed by atoms with Gasteiger partial charge in [0.25, 0.3) is 0 Å². The van der Waals surface area contributed by atoms with Crippen LogP contribution in [0.4, 0.5) is 0 Å². The second-order valence-corrected chi connectivity index (χ2v) is 6.61. The molecule has 0 aromatic heterocycles. The fourth-order valence-electron chi connectivity index (χ4n) is 3.01. The molecular weight excluding hydrogens is 232 g/mol. The summed E-state index contributed by atoms with van der Waals surface area (Å²) in [5.41, 5.74) is 0.489. The second kappa shape index (κ2) is 13.0. The van der Waals surface area contributed by atoms with Crippen LogP contribution < -0.4 is 0 Å². The maximum Gasteiger partial charge on any atom is 0.0431 e. The summed E-state index contributed by atoms with van der Waals surface area (Å²) < 4.78 is 0. The van der Waals surface area contributed by atoms with Crippen molar-refractivity contribution in [2.24, 2.45) is 5.41 Å². The fraction of sp³-hybridized carbons (Fsp3) is 1.00. The first-order valence-corrected chi connectivity index (χ1v) is 8.79. The summed E-state index contributed by atoms with van der Waals surface area (Å²) in [4.78, 5) is 0. The quantitative estimate of drug-likeness (QED) is 0.378. The number of aliphatic hydroxyl groups is 1. The lowest BCUT2D eigenvalue weighted by atomic mass is 9.76. The highest BCUT2D eigenvalue weighted by atomic mass is 16.2. The summed E-state index contributed by atoms with van der Waals surface area (Å²) >= 11 is 0. The first-order valence-electron chi connectivity index (χ1n) is 8.79. The Morgan fingerprint density at radius 2 is 1.05 bits per heavy atom. The summed E-state index contributed by atoms with van der Waals surface area (Å²) in [6.45, 7) is 7.37. The molecule has 0 aromatic rings. The zero-order valence-corrected chi connectivity index (χ0v) is 13.8. The maximum atomic E-state index is 9.08. The van der Waals surface area contributed by atoms with Crippen molar-refractivity contribution in [1.82, 2.24) is 0 Å². The molecule has 1 nitrogen and oxygen atoms in total. The lowest BCUT2D eigenvalue weighted by Crippen LogP contribution is -2.17. The molecular formula is C18H38O. The Hall–Kier alpha value is -0.0400. The number of hydrogen-bond acceptors (Lipinski definition) is 1. The van der Waals surface area contributed by atoms with Crippen LogP contribution in [-0.2, 0) is 0 Å².